The van der Waals surface area contributed by atoms with E-state index in [1.54, 1.807) is 43.8 Å². The van der Waals surface area contributed by atoms with Crippen molar-refractivity contribution >= 4 is 21.6 Å². The van der Waals surface area contributed by atoms with Gasteiger partial charge >= 0.3 is 0 Å². The summed E-state index contributed by atoms with van der Waals surface area (Å²) in [5.74, 6) is -0.362. The number of sulfonamides is 1. The van der Waals surface area contributed by atoms with Crippen LogP contribution in [0.2, 0.25) is 0 Å². The number of para-hydroxylation sites is 1. The number of carbonyl (C=O) groups is 1. The van der Waals surface area contributed by atoms with Crippen molar-refractivity contribution in [3.63, 3.8) is 0 Å². The van der Waals surface area contributed by atoms with Crippen LogP contribution in [0.4, 0.5) is 5.69 Å². The molecule has 3 aromatic rings. The molecule has 0 unspecified atom stereocenters. The van der Waals surface area contributed by atoms with Gasteiger partial charge in [-0.05, 0) is 42.3 Å². The number of nitrogens with zero attached hydrogens (tertiary/aromatic N) is 3. The van der Waals surface area contributed by atoms with Crippen LogP contribution in [-0.2, 0) is 16.6 Å². The van der Waals surface area contributed by atoms with Gasteiger partial charge in [0, 0.05) is 36.7 Å². The normalized spacial score (nSPS) is 11.6. The summed E-state index contributed by atoms with van der Waals surface area (Å²) in [5, 5.41) is 7.11. The SMILES string of the molecule is CCN(CC)S(=O)(=O)c1cc(C(=O)Nc2ccccc2Cn2cccn2)ccc1C. The molecule has 30 heavy (non-hydrogen) atoms. The average Bonchev–Trinajstić information content (AvgIpc) is 3.23. The Balaban J connectivity index is 1.89. The molecule has 1 N–H and O–H groups in total. The maximum atomic E-state index is 13.0. The standard InChI is InChI=1S/C22H26N4O3S/c1-4-26(5-2)30(28,29)21-15-18(12-11-17(21)3)22(27)24-20-10-7-6-9-19(20)16-25-14-8-13-23-25/h6-15H,4-5,16H2,1-3H3,(H,24,27). The van der Waals surface area contributed by atoms with E-state index in [2.05, 4.69) is 10.4 Å². The van der Waals surface area contributed by atoms with Crippen LogP contribution in [0.3, 0.4) is 0 Å². The van der Waals surface area contributed by atoms with Crippen molar-refractivity contribution in [2.24, 2.45) is 0 Å². The van der Waals surface area contributed by atoms with Gasteiger partial charge in [-0.15, -0.1) is 0 Å². The van der Waals surface area contributed by atoms with Gasteiger partial charge in [0.15, 0.2) is 0 Å². The molecule has 0 radical (unpaired) electrons. The molecule has 0 aliphatic rings. The number of anilines is 1. The van der Waals surface area contributed by atoms with E-state index in [4.69, 9.17) is 0 Å². The monoisotopic (exact) mass is 426 g/mol. The maximum absolute atomic E-state index is 13.0. The number of hydrogen-bond donors (Lipinski definition) is 1. The van der Waals surface area contributed by atoms with E-state index in [9.17, 15) is 13.2 Å². The molecule has 1 heterocycles. The lowest BCUT2D eigenvalue weighted by Crippen LogP contribution is -2.31. The summed E-state index contributed by atoms with van der Waals surface area (Å²) >= 11 is 0. The molecule has 0 atom stereocenters. The number of rotatable bonds is 8. The first kappa shape index (κ1) is 21.7. The zero-order valence-electron chi connectivity index (χ0n) is 17.4. The second kappa shape index (κ2) is 9.23. The Morgan fingerprint density at radius 2 is 1.83 bits per heavy atom. The van der Waals surface area contributed by atoms with Gasteiger partial charge in [-0.3, -0.25) is 9.48 Å². The molecule has 1 aromatic heterocycles. The molecule has 0 fully saturated rings. The zero-order chi connectivity index (χ0) is 21.7. The third kappa shape index (κ3) is 4.60. The highest BCUT2D eigenvalue weighted by Gasteiger charge is 2.24. The Kier molecular flexibility index (Phi) is 6.69. The Morgan fingerprint density at radius 1 is 1.10 bits per heavy atom. The van der Waals surface area contributed by atoms with E-state index in [0.29, 0.717) is 36.4 Å². The summed E-state index contributed by atoms with van der Waals surface area (Å²) in [6.07, 6.45) is 3.55. The van der Waals surface area contributed by atoms with Crippen LogP contribution in [0.5, 0.6) is 0 Å². The minimum absolute atomic E-state index is 0.156. The van der Waals surface area contributed by atoms with Crippen LogP contribution in [0.15, 0.2) is 65.8 Å². The first-order chi connectivity index (χ1) is 14.4. The lowest BCUT2D eigenvalue weighted by molar-refractivity contribution is 0.102. The van der Waals surface area contributed by atoms with Crippen molar-refractivity contribution in [1.82, 2.24) is 14.1 Å². The fraction of sp³-hybridized carbons (Fsp3) is 0.273. The highest BCUT2D eigenvalue weighted by atomic mass is 32.2. The highest BCUT2D eigenvalue weighted by molar-refractivity contribution is 7.89. The topological polar surface area (TPSA) is 84.3 Å². The second-order valence-electron chi connectivity index (χ2n) is 6.88. The zero-order valence-corrected chi connectivity index (χ0v) is 18.2. The van der Waals surface area contributed by atoms with Crippen molar-refractivity contribution in [3.05, 3.63) is 77.6 Å². The number of benzene rings is 2. The highest BCUT2D eigenvalue weighted by Crippen LogP contribution is 2.23. The summed E-state index contributed by atoms with van der Waals surface area (Å²) in [5.41, 5.74) is 2.46. The van der Waals surface area contributed by atoms with Crippen LogP contribution < -0.4 is 5.32 Å². The molecule has 3 rings (SSSR count). The number of nitrogens with one attached hydrogen (secondary N) is 1. The van der Waals surface area contributed by atoms with Crippen molar-refractivity contribution in [3.8, 4) is 0 Å². The third-order valence-corrected chi connectivity index (χ3v) is 7.12. The molecule has 7 nitrogen and oxygen atoms in total. The largest absolute Gasteiger partial charge is 0.322 e. The molecule has 0 aliphatic heterocycles. The Morgan fingerprint density at radius 3 is 2.50 bits per heavy atom. The van der Waals surface area contributed by atoms with Crippen LogP contribution in [0, 0.1) is 6.92 Å². The van der Waals surface area contributed by atoms with Crippen molar-refractivity contribution in [2.75, 3.05) is 18.4 Å². The van der Waals surface area contributed by atoms with E-state index in [0.717, 1.165) is 5.56 Å². The van der Waals surface area contributed by atoms with Crippen molar-refractivity contribution in [1.29, 1.82) is 0 Å². The summed E-state index contributed by atoms with van der Waals surface area (Å²) in [6, 6.07) is 14.1. The molecule has 0 saturated heterocycles. The average molecular weight is 427 g/mol. The molecule has 8 heteroatoms. The van der Waals surface area contributed by atoms with E-state index in [1.807, 2.05) is 36.5 Å². The Hall–Kier alpha value is -2.97. The Bertz CT molecular complexity index is 1120. The van der Waals surface area contributed by atoms with Crippen molar-refractivity contribution < 1.29 is 13.2 Å². The predicted molar refractivity (Wildman–Crippen MR) is 117 cm³/mol. The summed E-state index contributed by atoms with van der Waals surface area (Å²) in [6.45, 7) is 6.58. The molecule has 1 amide bonds. The Labute approximate surface area is 177 Å². The fourth-order valence-electron chi connectivity index (χ4n) is 3.26. The lowest BCUT2D eigenvalue weighted by Gasteiger charge is -2.20. The summed E-state index contributed by atoms with van der Waals surface area (Å²) in [7, 11) is -3.66. The smallest absolute Gasteiger partial charge is 0.255 e. The van der Waals surface area contributed by atoms with Gasteiger partial charge in [-0.25, -0.2) is 8.42 Å². The molecule has 158 valence electrons. The number of hydrogen-bond acceptors (Lipinski definition) is 4. The van der Waals surface area contributed by atoms with Crippen LogP contribution in [0.25, 0.3) is 0 Å². The lowest BCUT2D eigenvalue weighted by atomic mass is 10.1. The van der Waals surface area contributed by atoms with E-state index in [-0.39, 0.29) is 10.8 Å². The van der Waals surface area contributed by atoms with Gasteiger partial charge < -0.3 is 5.32 Å². The van der Waals surface area contributed by atoms with E-state index < -0.39 is 10.0 Å². The van der Waals surface area contributed by atoms with Gasteiger partial charge in [-0.2, -0.15) is 9.40 Å². The first-order valence-electron chi connectivity index (χ1n) is 9.84. The number of aromatic nitrogens is 2. The quantitative estimate of drug-likeness (QED) is 0.597. The minimum Gasteiger partial charge on any atom is -0.322 e. The molecular formula is C22H26N4O3S. The third-order valence-electron chi connectivity index (χ3n) is 4.93. The maximum Gasteiger partial charge on any atom is 0.255 e. The minimum atomic E-state index is -3.66. The number of carbonyl (C=O) groups excluding carboxylic acids is 1. The van der Waals surface area contributed by atoms with Gasteiger partial charge in [-0.1, -0.05) is 38.1 Å². The summed E-state index contributed by atoms with van der Waals surface area (Å²) < 4.78 is 29.1. The molecule has 2 aromatic carbocycles. The van der Waals surface area contributed by atoms with Gasteiger partial charge in [0.1, 0.15) is 0 Å². The molecule has 0 saturated carbocycles. The first-order valence-corrected chi connectivity index (χ1v) is 11.3. The summed E-state index contributed by atoms with van der Waals surface area (Å²) in [4.78, 5) is 13.1. The number of aryl methyl sites for hydroxylation is 1. The van der Waals surface area contributed by atoms with E-state index >= 15 is 0 Å². The van der Waals surface area contributed by atoms with Crippen LogP contribution in [-0.4, -0.2) is 41.5 Å². The van der Waals surface area contributed by atoms with Gasteiger partial charge in [0.25, 0.3) is 5.91 Å². The van der Waals surface area contributed by atoms with Crippen LogP contribution >= 0.6 is 0 Å². The van der Waals surface area contributed by atoms with E-state index in [1.165, 1.54) is 10.4 Å². The molecule has 0 bridgehead atoms. The molecular weight excluding hydrogens is 400 g/mol. The number of amides is 1. The fourth-order valence-corrected chi connectivity index (χ4v) is 4.97. The predicted octanol–water partition coefficient (Wildman–Crippen LogP) is 3.52. The molecule has 0 aliphatic carbocycles. The van der Waals surface area contributed by atoms with Gasteiger partial charge in [0.2, 0.25) is 10.0 Å². The van der Waals surface area contributed by atoms with Gasteiger partial charge in [0.05, 0.1) is 11.4 Å². The second-order valence-corrected chi connectivity index (χ2v) is 8.79. The van der Waals surface area contributed by atoms with Crippen LogP contribution in [0.1, 0.15) is 35.3 Å². The molecule has 0 spiro atoms. The van der Waals surface area contributed by atoms with Crippen molar-refractivity contribution in [2.45, 2.75) is 32.2 Å².